The van der Waals surface area contributed by atoms with E-state index >= 15 is 0 Å². The van der Waals surface area contributed by atoms with Crippen LogP contribution in [0.25, 0.3) is 11.1 Å². The molecule has 0 amide bonds. The smallest absolute Gasteiger partial charge is 0.119 e. The number of rotatable bonds is 9. The Labute approximate surface area is 153 Å². The van der Waals surface area contributed by atoms with Crippen LogP contribution in [0.3, 0.4) is 0 Å². The fraction of sp³-hybridized carbons (Fsp3) is 0.409. The van der Waals surface area contributed by atoms with Crippen molar-refractivity contribution in [1.29, 1.82) is 5.26 Å². The lowest BCUT2D eigenvalue weighted by atomic mass is 10.0. The Morgan fingerprint density at radius 2 is 1.36 bits per heavy atom. The average Bonchev–Trinajstić information content (AvgIpc) is 2.69. The molecule has 0 heterocycles. The molecule has 0 unspecified atom stereocenters. The molecule has 2 aromatic rings. The molecule has 0 saturated heterocycles. The number of hydrogen-bond donors (Lipinski definition) is 0. The van der Waals surface area contributed by atoms with Gasteiger partial charge in [-0.25, -0.2) is 0 Å². The van der Waals surface area contributed by atoms with Crippen molar-refractivity contribution in [3.63, 3.8) is 0 Å². The van der Waals surface area contributed by atoms with Gasteiger partial charge in [0.15, 0.2) is 0 Å². The van der Waals surface area contributed by atoms with Gasteiger partial charge in [0.2, 0.25) is 0 Å². The standard InChI is InChI=1S/C22H29NOSi/c1-4-25(5-2,6-3)17-7-16-24-22-14-12-21(13-15-22)20-10-8-19(18-23)9-11-20/h8-15H,4-7,16-17H2,1-3H3. The molecule has 0 spiro atoms. The normalized spacial score (nSPS) is 11.1. The molecule has 0 aliphatic carbocycles. The molecule has 2 nitrogen and oxygen atoms in total. The van der Waals surface area contributed by atoms with E-state index in [-0.39, 0.29) is 0 Å². The van der Waals surface area contributed by atoms with Crippen LogP contribution in [-0.2, 0) is 0 Å². The maximum Gasteiger partial charge on any atom is 0.119 e. The Balaban J connectivity index is 1.87. The van der Waals surface area contributed by atoms with Crippen LogP contribution in [0.1, 0.15) is 32.8 Å². The van der Waals surface area contributed by atoms with Crippen molar-refractivity contribution < 1.29 is 4.74 Å². The number of ether oxygens (including phenoxy) is 1. The fourth-order valence-corrected chi connectivity index (χ4v) is 6.85. The molecule has 132 valence electrons. The van der Waals surface area contributed by atoms with Crippen LogP contribution in [0.2, 0.25) is 24.2 Å². The summed E-state index contributed by atoms with van der Waals surface area (Å²) < 4.78 is 5.94. The zero-order chi connectivity index (χ0) is 18.1. The van der Waals surface area contributed by atoms with Crippen molar-refractivity contribution in [1.82, 2.24) is 0 Å². The minimum Gasteiger partial charge on any atom is -0.494 e. The second kappa shape index (κ2) is 9.44. The molecule has 25 heavy (non-hydrogen) atoms. The van der Waals surface area contributed by atoms with Gasteiger partial charge in [0, 0.05) is 0 Å². The van der Waals surface area contributed by atoms with E-state index < -0.39 is 8.07 Å². The van der Waals surface area contributed by atoms with Gasteiger partial charge in [-0.05, 0) is 41.8 Å². The third-order valence-corrected chi connectivity index (χ3v) is 11.5. The lowest BCUT2D eigenvalue weighted by Crippen LogP contribution is -2.31. The summed E-state index contributed by atoms with van der Waals surface area (Å²) in [6, 6.07) is 23.6. The van der Waals surface area contributed by atoms with Crippen LogP contribution in [-0.4, -0.2) is 14.7 Å². The molecule has 3 heteroatoms. The monoisotopic (exact) mass is 351 g/mol. The topological polar surface area (TPSA) is 33.0 Å². The number of nitriles is 1. The molecule has 0 saturated carbocycles. The zero-order valence-electron chi connectivity index (χ0n) is 15.7. The highest BCUT2D eigenvalue weighted by Crippen LogP contribution is 2.27. The molecular formula is C22H29NOSi. The van der Waals surface area contributed by atoms with Crippen molar-refractivity contribution in [3.05, 3.63) is 54.1 Å². The molecule has 0 N–H and O–H groups in total. The predicted molar refractivity (Wildman–Crippen MR) is 109 cm³/mol. The van der Waals surface area contributed by atoms with Crippen molar-refractivity contribution in [2.75, 3.05) is 6.61 Å². The van der Waals surface area contributed by atoms with Crippen LogP contribution in [0, 0.1) is 11.3 Å². The van der Waals surface area contributed by atoms with Gasteiger partial charge in [0.1, 0.15) is 5.75 Å². The molecule has 0 aliphatic heterocycles. The highest BCUT2D eigenvalue weighted by Gasteiger charge is 2.25. The maximum absolute atomic E-state index is 8.87. The Bertz CT molecular complexity index is 673. The molecule has 2 rings (SSSR count). The van der Waals surface area contributed by atoms with Crippen molar-refractivity contribution in [3.8, 4) is 22.9 Å². The van der Waals surface area contributed by atoms with Gasteiger partial charge in [-0.2, -0.15) is 5.26 Å². The Morgan fingerprint density at radius 1 is 0.840 bits per heavy atom. The van der Waals surface area contributed by atoms with Gasteiger partial charge < -0.3 is 4.74 Å². The summed E-state index contributed by atoms with van der Waals surface area (Å²) >= 11 is 0. The second-order valence-corrected chi connectivity index (χ2v) is 12.3. The molecular weight excluding hydrogens is 322 g/mol. The maximum atomic E-state index is 8.87. The first-order valence-electron chi connectivity index (χ1n) is 9.39. The zero-order valence-corrected chi connectivity index (χ0v) is 16.7. The molecule has 0 aliphatic rings. The number of nitrogens with zero attached hydrogens (tertiary/aromatic N) is 1. The van der Waals surface area contributed by atoms with Crippen LogP contribution in [0.5, 0.6) is 5.75 Å². The lowest BCUT2D eigenvalue weighted by Gasteiger charge is -2.27. The highest BCUT2D eigenvalue weighted by atomic mass is 28.3. The second-order valence-electron chi connectivity index (χ2n) is 6.73. The van der Waals surface area contributed by atoms with E-state index in [2.05, 4.69) is 39.0 Å². The molecule has 0 aromatic heterocycles. The summed E-state index contributed by atoms with van der Waals surface area (Å²) in [6.45, 7) is 7.90. The van der Waals surface area contributed by atoms with Gasteiger partial charge in [-0.15, -0.1) is 0 Å². The van der Waals surface area contributed by atoms with Gasteiger partial charge in [0.25, 0.3) is 0 Å². The molecule has 0 fully saturated rings. The quantitative estimate of drug-likeness (QED) is 0.381. The van der Waals surface area contributed by atoms with Crippen molar-refractivity contribution in [2.24, 2.45) is 0 Å². The summed E-state index contributed by atoms with van der Waals surface area (Å²) in [5, 5.41) is 8.87. The fourth-order valence-electron chi connectivity index (χ4n) is 3.40. The van der Waals surface area contributed by atoms with E-state index in [4.69, 9.17) is 10.00 Å². The largest absolute Gasteiger partial charge is 0.494 e. The van der Waals surface area contributed by atoms with E-state index in [0.29, 0.717) is 5.56 Å². The third kappa shape index (κ3) is 5.21. The molecule has 0 radical (unpaired) electrons. The SMILES string of the molecule is CC[Si](CC)(CC)CCCOc1ccc(-c2ccc(C#N)cc2)cc1. The van der Waals surface area contributed by atoms with Crippen molar-refractivity contribution in [2.45, 2.75) is 51.4 Å². The molecule has 0 atom stereocenters. The average molecular weight is 352 g/mol. The summed E-state index contributed by atoms with van der Waals surface area (Å²) in [6.07, 6.45) is 1.17. The molecule has 2 aromatic carbocycles. The van der Waals surface area contributed by atoms with Crippen molar-refractivity contribution >= 4 is 8.07 Å². The Kier molecular flexibility index (Phi) is 7.27. The predicted octanol–water partition coefficient (Wildman–Crippen LogP) is 6.50. The summed E-state index contributed by atoms with van der Waals surface area (Å²) in [5.74, 6) is 0.939. The number of benzene rings is 2. The van der Waals surface area contributed by atoms with Crippen LogP contribution in [0.15, 0.2) is 48.5 Å². The summed E-state index contributed by atoms with van der Waals surface area (Å²) in [7, 11) is -1.02. The highest BCUT2D eigenvalue weighted by molar-refractivity contribution is 6.79. The first kappa shape index (κ1) is 19.3. The lowest BCUT2D eigenvalue weighted by molar-refractivity contribution is 0.316. The minimum absolute atomic E-state index is 0.689. The van der Waals surface area contributed by atoms with E-state index in [1.807, 2.05) is 36.4 Å². The minimum atomic E-state index is -1.02. The van der Waals surface area contributed by atoms with Gasteiger partial charge in [-0.1, -0.05) is 69.2 Å². The van der Waals surface area contributed by atoms with E-state index in [0.717, 1.165) is 23.5 Å². The first-order valence-corrected chi connectivity index (χ1v) is 12.2. The Morgan fingerprint density at radius 3 is 1.84 bits per heavy atom. The number of hydrogen-bond acceptors (Lipinski definition) is 2. The molecule has 0 bridgehead atoms. The van der Waals surface area contributed by atoms with Gasteiger partial charge in [-0.3, -0.25) is 0 Å². The summed E-state index contributed by atoms with van der Waals surface area (Å²) in [5.41, 5.74) is 2.95. The Hall–Kier alpha value is -2.05. The van der Waals surface area contributed by atoms with Crippen LogP contribution in [0.4, 0.5) is 0 Å². The van der Waals surface area contributed by atoms with E-state index in [1.54, 1.807) is 0 Å². The summed E-state index contributed by atoms with van der Waals surface area (Å²) in [4.78, 5) is 0. The van der Waals surface area contributed by atoms with E-state index in [9.17, 15) is 0 Å². The van der Waals surface area contributed by atoms with E-state index in [1.165, 1.54) is 30.6 Å². The van der Waals surface area contributed by atoms with Gasteiger partial charge in [0.05, 0.1) is 26.3 Å². The van der Waals surface area contributed by atoms with Gasteiger partial charge >= 0.3 is 0 Å². The van der Waals surface area contributed by atoms with Crippen LogP contribution < -0.4 is 4.74 Å². The first-order chi connectivity index (χ1) is 12.2. The van der Waals surface area contributed by atoms with Crippen LogP contribution >= 0.6 is 0 Å². The third-order valence-electron chi connectivity index (χ3n) is 5.57.